The fraction of sp³-hybridized carbons (Fsp3) is 0.667. The van der Waals surface area contributed by atoms with Gasteiger partial charge in [-0.15, -0.1) is 0 Å². The summed E-state index contributed by atoms with van der Waals surface area (Å²) in [6.07, 6.45) is 6.05. The van der Waals surface area contributed by atoms with Crippen molar-refractivity contribution in [2.45, 2.75) is 58.0 Å². The topological polar surface area (TPSA) is 18.5 Å². The lowest BCUT2D eigenvalue weighted by Gasteiger charge is -2.38. The van der Waals surface area contributed by atoms with Gasteiger partial charge in [0.15, 0.2) is 0 Å². The maximum Gasteiger partial charge on any atom is 0.338 e. The predicted molar refractivity (Wildman–Crippen MR) is 90.7 cm³/mol. The van der Waals surface area contributed by atoms with Gasteiger partial charge in [0.05, 0.1) is 0 Å². The van der Waals surface area contributed by atoms with Crippen LogP contribution in [0.15, 0.2) is 30.3 Å². The van der Waals surface area contributed by atoms with Crippen molar-refractivity contribution in [1.29, 1.82) is 0 Å². The van der Waals surface area contributed by atoms with Gasteiger partial charge in [-0.25, -0.2) is 0 Å². The van der Waals surface area contributed by atoms with Gasteiger partial charge in [0.25, 0.3) is 0 Å². The van der Waals surface area contributed by atoms with E-state index in [0.29, 0.717) is 5.92 Å². The lowest BCUT2D eigenvalue weighted by Crippen LogP contribution is -2.49. The highest BCUT2D eigenvalue weighted by molar-refractivity contribution is 6.67. The molecule has 0 spiro atoms. The maximum absolute atomic E-state index is 6.37. The fourth-order valence-corrected chi connectivity index (χ4v) is 6.77. The molecule has 0 saturated carbocycles. The second-order valence-electron chi connectivity index (χ2n) is 6.30. The smallest absolute Gasteiger partial charge is 0.338 e. The van der Waals surface area contributed by atoms with E-state index in [9.17, 15) is 0 Å². The fourth-order valence-electron chi connectivity index (χ4n) is 3.00. The summed E-state index contributed by atoms with van der Waals surface area (Å²) in [7, 11) is -1.88. The molecule has 0 aromatic heterocycles. The minimum atomic E-state index is -1.88. The lowest BCUT2D eigenvalue weighted by molar-refractivity contribution is 0.0575. The standard InChI is InChI=1S/C18H30O2Si/c1-3-5-12-21(13-6-4-2)19-15-18(16-20-21)14-17-10-8-7-9-11-17/h7-11,18H,3-6,12-16H2,1-2H3. The predicted octanol–water partition coefficient (Wildman–Crippen LogP) is 4.93. The number of hydrogen-bond donors (Lipinski definition) is 0. The van der Waals surface area contributed by atoms with Crippen molar-refractivity contribution in [2.24, 2.45) is 5.92 Å². The Morgan fingerprint density at radius 2 is 1.52 bits per heavy atom. The number of hydrogen-bond acceptors (Lipinski definition) is 2. The molecular weight excluding hydrogens is 276 g/mol. The van der Waals surface area contributed by atoms with E-state index < -0.39 is 8.56 Å². The van der Waals surface area contributed by atoms with E-state index in [4.69, 9.17) is 8.85 Å². The Bertz CT molecular complexity index is 375. The third-order valence-electron chi connectivity index (χ3n) is 4.35. The minimum Gasteiger partial charge on any atom is -0.394 e. The van der Waals surface area contributed by atoms with Gasteiger partial charge in [0, 0.05) is 19.1 Å². The van der Waals surface area contributed by atoms with E-state index in [1.165, 1.54) is 43.3 Å². The van der Waals surface area contributed by atoms with Crippen LogP contribution in [-0.2, 0) is 15.3 Å². The molecule has 1 heterocycles. The third kappa shape index (κ3) is 5.24. The van der Waals surface area contributed by atoms with Crippen LogP contribution in [0.2, 0.25) is 12.1 Å². The second-order valence-corrected chi connectivity index (χ2v) is 9.69. The summed E-state index contributed by atoms with van der Waals surface area (Å²) in [5.41, 5.74) is 1.39. The normalized spacial score (nSPS) is 18.8. The van der Waals surface area contributed by atoms with Crippen LogP contribution >= 0.6 is 0 Å². The molecule has 1 aliphatic heterocycles. The van der Waals surface area contributed by atoms with Gasteiger partial charge in [-0.1, -0.05) is 69.9 Å². The van der Waals surface area contributed by atoms with Gasteiger partial charge in [0.1, 0.15) is 0 Å². The Balaban J connectivity index is 1.86. The van der Waals surface area contributed by atoms with Crippen LogP contribution in [0.4, 0.5) is 0 Å². The number of unbranched alkanes of at least 4 members (excludes halogenated alkanes) is 2. The first-order valence-corrected chi connectivity index (χ1v) is 10.8. The van der Waals surface area contributed by atoms with E-state index in [2.05, 4.69) is 44.2 Å². The highest BCUT2D eigenvalue weighted by atomic mass is 28.4. The first-order chi connectivity index (χ1) is 10.3. The van der Waals surface area contributed by atoms with Gasteiger partial charge in [-0.3, -0.25) is 0 Å². The Morgan fingerprint density at radius 3 is 2.05 bits per heavy atom. The average Bonchev–Trinajstić information content (AvgIpc) is 2.54. The van der Waals surface area contributed by atoms with Gasteiger partial charge >= 0.3 is 8.56 Å². The van der Waals surface area contributed by atoms with Gasteiger partial charge in [0.2, 0.25) is 0 Å². The summed E-state index contributed by atoms with van der Waals surface area (Å²) in [6.45, 7) is 6.30. The van der Waals surface area contributed by atoms with Crippen molar-refractivity contribution in [1.82, 2.24) is 0 Å². The summed E-state index contributed by atoms with van der Waals surface area (Å²) in [6, 6.07) is 13.1. The summed E-state index contributed by atoms with van der Waals surface area (Å²) in [4.78, 5) is 0. The molecule has 0 unspecified atom stereocenters. The Kier molecular flexibility index (Phi) is 6.94. The highest BCUT2D eigenvalue weighted by Gasteiger charge is 2.40. The van der Waals surface area contributed by atoms with E-state index in [1.54, 1.807) is 0 Å². The Morgan fingerprint density at radius 1 is 0.952 bits per heavy atom. The van der Waals surface area contributed by atoms with Crippen molar-refractivity contribution in [2.75, 3.05) is 13.2 Å². The molecule has 0 aliphatic carbocycles. The molecule has 21 heavy (non-hydrogen) atoms. The van der Waals surface area contributed by atoms with Crippen LogP contribution in [0.5, 0.6) is 0 Å². The number of rotatable bonds is 8. The molecule has 0 radical (unpaired) electrons. The average molecular weight is 307 g/mol. The summed E-state index contributed by atoms with van der Waals surface area (Å²) in [5, 5.41) is 0. The van der Waals surface area contributed by atoms with Crippen LogP contribution in [0.1, 0.15) is 45.1 Å². The Labute approximate surface area is 131 Å². The minimum absolute atomic E-state index is 0.524. The van der Waals surface area contributed by atoms with Gasteiger partial charge < -0.3 is 8.85 Å². The molecule has 3 heteroatoms. The van der Waals surface area contributed by atoms with Crippen LogP contribution in [0.3, 0.4) is 0 Å². The van der Waals surface area contributed by atoms with E-state index in [0.717, 1.165) is 19.6 Å². The molecule has 0 bridgehead atoms. The molecule has 0 amide bonds. The van der Waals surface area contributed by atoms with Gasteiger partial charge in [-0.2, -0.15) is 0 Å². The van der Waals surface area contributed by atoms with Crippen LogP contribution in [0, 0.1) is 5.92 Å². The first-order valence-electron chi connectivity index (χ1n) is 8.60. The van der Waals surface area contributed by atoms with Crippen molar-refractivity contribution < 1.29 is 8.85 Å². The molecule has 1 aromatic carbocycles. The molecule has 1 aromatic rings. The van der Waals surface area contributed by atoms with Gasteiger partial charge in [-0.05, 0) is 24.1 Å². The summed E-state index contributed by atoms with van der Waals surface area (Å²) in [5.74, 6) is 0.524. The van der Waals surface area contributed by atoms with Crippen LogP contribution < -0.4 is 0 Å². The molecular formula is C18H30O2Si. The first kappa shape index (κ1) is 16.7. The SMILES string of the molecule is CCCC[Si]1(CCCC)OCC(Cc2ccccc2)CO1. The van der Waals surface area contributed by atoms with Crippen molar-refractivity contribution in [3.63, 3.8) is 0 Å². The summed E-state index contributed by atoms with van der Waals surface area (Å²) < 4.78 is 12.7. The monoisotopic (exact) mass is 306 g/mol. The molecule has 2 nitrogen and oxygen atoms in total. The zero-order chi connectivity index (χ0) is 15.0. The molecule has 1 saturated heterocycles. The maximum atomic E-state index is 6.37. The van der Waals surface area contributed by atoms with Crippen LogP contribution in [-0.4, -0.2) is 21.8 Å². The van der Waals surface area contributed by atoms with Crippen molar-refractivity contribution >= 4 is 8.56 Å². The molecule has 118 valence electrons. The van der Waals surface area contributed by atoms with E-state index >= 15 is 0 Å². The molecule has 0 atom stereocenters. The zero-order valence-corrected chi connectivity index (χ0v) is 14.6. The molecule has 1 fully saturated rings. The highest BCUT2D eigenvalue weighted by Crippen LogP contribution is 2.30. The number of benzene rings is 1. The molecule has 2 rings (SSSR count). The van der Waals surface area contributed by atoms with E-state index in [-0.39, 0.29) is 0 Å². The van der Waals surface area contributed by atoms with Crippen molar-refractivity contribution in [3.05, 3.63) is 35.9 Å². The largest absolute Gasteiger partial charge is 0.394 e. The molecule has 0 N–H and O–H groups in total. The zero-order valence-electron chi connectivity index (χ0n) is 13.6. The van der Waals surface area contributed by atoms with Crippen molar-refractivity contribution in [3.8, 4) is 0 Å². The quantitative estimate of drug-likeness (QED) is 0.634. The summed E-state index contributed by atoms with van der Waals surface area (Å²) >= 11 is 0. The molecule has 1 aliphatic rings. The van der Waals surface area contributed by atoms with E-state index in [1.807, 2.05) is 0 Å². The Hall–Kier alpha value is -0.643. The third-order valence-corrected chi connectivity index (χ3v) is 7.97. The lowest BCUT2D eigenvalue weighted by atomic mass is 10.0. The van der Waals surface area contributed by atoms with Crippen LogP contribution in [0.25, 0.3) is 0 Å². The second kappa shape index (κ2) is 8.72.